The van der Waals surface area contributed by atoms with Crippen LogP contribution in [0.3, 0.4) is 0 Å². The third-order valence-electron chi connectivity index (χ3n) is 1.95. The van der Waals surface area contributed by atoms with E-state index < -0.39 is 0 Å². The van der Waals surface area contributed by atoms with Gasteiger partial charge in [0.1, 0.15) is 0 Å². The number of amides is 1. The molecule has 1 heterocycles. The molecule has 1 unspecified atom stereocenters. The topological polar surface area (TPSA) is 53.5 Å². The molecule has 80 valence electrons. The summed E-state index contributed by atoms with van der Waals surface area (Å²) in [6.07, 6.45) is 1.13. The number of rotatable bonds is 4. The first-order valence-electron chi connectivity index (χ1n) is 4.98. The van der Waals surface area contributed by atoms with Gasteiger partial charge in [0, 0.05) is 11.8 Å². The van der Waals surface area contributed by atoms with Crippen LogP contribution in [0.5, 0.6) is 0 Å². The Morgan fingerprint density at radius 2 is 2.43 bits per heavy atom. The van der Waals surface area contributed by atoms with E-state index in [0.717, 1.165) is 18.1 Å². The average Bonchev–Trinajstić information content (AvgIpc) is 2.63. The molecule has 2 N–H and O–H groups in total. The molecule has 1 rings (SSSR count). The van der Waals surface area contributed by atoms with Crippen LogP contribution in [0.1, 0.15) is 20.3 Å². The molecule has 0 spiro atoms. The van der Waals surface area contributed by atoms with E-state index in [0.29, 0.717) is 18.3 Å². The van der Waals surface area contributed by atoms with E-state index in [4.69, 9.17) is 0 Å². The highest BCUT2D eigenvalue weighted by atomic mass is 32.2. The molecule has 0 radical (unpaired) electrons. The van der Waals surface area contributed by atoms with Gasteiger partial charge in [-0.25, -0.2) is 0 Å². The van der Waals surface area contributed by atoms with Gasteiger partial charge in [0.2, 0.25) is 5.91 Å². The Morgan fingerprint density at radius 1 is 1.64 bits per heavy atom. The maximum Gasteiger partial charge on any atom is 0.239 e. The van der Waals surface area contributed by atoms with Crippen LogP contribution < -0.4 is 10.6 Å². The molecule has 0 saturated heterocycles. The lowest BCUT2D eigenvalue weighted by atomic mass is 10.3. The fourth-order valence-electron chi connectivity index (χ4n) is 1.14. The van der Waals surface area contributed by atoms with Crippen LogP contribution in [0, 0.1) is 0 Å². The molecule has 4 nitrogen and oxygen atoms in total. The molecular weight excluding hydrogens is 198 g/mol. The van der Waals surface area contributed by atoms with Gasteiger partial charge in [-0.1, -0.05) is 18.7 Å². The zero-order valence-corrected chi connectivity index (χ0v) is 9.49. The number of nitrogens with zero attached hydrogens (tertiary/aromatic N) is 1. The Hall–Kier alpha value is -0.710. The van der Waals surface area contributed by atoms with Crippen molar-refractivity contribution in [3.05, 3.63) is 0 Å². The first kappa shape index (κ1) is 11.4. The Labute approximate surface area is 88.9 Å². The second kappa shape index (κ2) is 5.90. The highest BCUT2D eigenvalue weighted by Crippen LogP contribution is 2.21. The first-order chi connectivity index (χ1) is 6.76. The predicted molar refractivity (Wildman–Crippen MR) is 60.7 cm³/mol. The number of carbonyl (C=O) groups is 1. The molecule has 0 aliphatic carbocycles. The molecule has 1 aliphatic heterocycles. The minimum absolute atomic E-state index is 0.0238. The first-order valence-corrected chi connectivity index (χ1v) is 5.85. The van der Waals surface area contributed by atoms with E-state index in [-0.39, 0.29) is 5.91 Å². The number of likely N-dealkylation sites (N-methyl/N-ethyl adjacent to an activating group) is 1. The van der Waals surface area contributed by atoms with Gasteiger partial charge in [0.15, 0.2) is 5.17 Å². The maximum atomic E-state index is 11.1. The van der Waals surface area contributed by atoms with Gasteiger partial charge in [-0.15, -0.1) is 0 Å². The van der Waals surface area contributed by atoms with E-state index in [9.17, 15) is 4.79 Å². The van der Waals surface area contributed by atoms with Gasteiger partial charge in [-0.3, -0.25) is 9.79 Å². The normalized spacial score (nSPS) is 20.4. The van der Waals surface area contributed by atoms with Crippen molar-refractivity contribution in [1.82, 2.24) is 10.6 Å². The Kier molecular flexibility index (Phi) is 4.79. The van der Waals surface area contributed by atoms with Crippen molar-refractivity contribution in [1.29, 1.82) is 0 Å². The summed E-state index contributed by atoms with van der Waals surface area (Å²) in [6.45, 7) is 5.94. The fraction of sp³-hybridized carbons (Fsp3) is 0.778. The summed E-state index contributed by atoms with van der Waals surface area (Å²) in [5.41, 5.74) is 0. The van der Waals surface area contributed by atoms with Crippen LogP contribution in [0.4, 0.5) is 0 Å². The monoisotopic (exact) mass is 215 g/mol. The van der Waals surface area contributed by atoms with Crippen LogP contribution in [-0.2, 0) is 4.79 Å². The lowest BCUT2D eigenvalue weighted by molar-refractivity contribution is -0.119. The number of aliphatic imine (C=N–C) groups is 1. The summed E-state index contributed by atoms with van der Waals surface area (Å²) in [5, 5.41) is 7.26. The van der Waals surface area contributed by atoms with Gasteiger partial charge < -0.3 is 10.6 Å². The average molecular weight is 215 g/mol. The lowest BCUT2D eigenvalue weighted by Crippen LogP contribution is -2.35. The molecule has 14 heavy (non-hydrogen) atoms. The van der Waals surface area contributed by atoms with Crippen molar-refractivity contribution in [2.24, 2.45) is 4.99 Å². The second-order valence-electron chi connectivity index (χ2n) is 3.10. The highest BCUT2D eigenvalue weighted by molar-refractivity contribution is 8.14. The minimum atomic E-state index is 0.0238. The molecule has 0 bridgehead atoms. The van der Waals surface area contributed by atoms with Crippen LogP contribution in [0.15, 0.2) is 4.99 Å². The van der Waals surface area contributed by atoms with Crippen LogP contribution in [0.25, 0.3) is 0 Å². The third kappa shape index (κ3) is 3.57. The van der Waals surface area contributed by atoms with E-state index in [1.165, 1.54) is 0 Å². The van der Waals surface area contributed by atoms with Gasteiger partial charge in [-0.05, 0) is 13.3 Å². The number of nitrogens with one attached hydrogen (secondary N) is 2. The van der Waals surface area contributed by atoms with E-state index in [1.807, 2.05) is 6.92 Å². The molecule has 1 atom stereocenters. The van der Waals surface area contributed by atoms with Gasteiger partial charge in [0.05, 0.1) is 13.1 Å². The summed E-state index contributed by atoms with van der Waals surface area (Å²) >= 11 is 1.73. The van der Waals surface area contributed by atoms with Crippen molar-refractivity contribution in [3.8, 4) is 0 Å². The molecular formula is C9H17N3OS. The second-order valence-corrected chi connectivity index (χ2v) is 4.39. The SMILES string of the molecule is CCNC(=O)CNC1=NCC(CC)S1. The Morgan fingerprint density at radius 3 is 3.00 bits per heavy atom. The summed E-state index contributed by atoms with van der Waals surface area (Å²) in [5.74, 6) is 0.0238. The van der Waals surface area contributed by atoms with Crippen molar-refractivity contribution in [2.75, 3.05) is 19.6 Å². The quantitative estimate of drug-likeness (QED) is 0.722. The summed E-state index contributed by atoms with van der Waals surface area (Å²) in [6, 6.07) is 0. The van der Waals surface area contributed by atoms with Crippen molar-refractivity contribution in [3.63, 3.8) is 0 Å². The summed E-state index contributed by atoms with van der Waals surface area (Å²) < 4.78 is 0. The third-order valence-corrected chi connectivity index (χ3v) is 3.26. The molecule has 0 aromatic heterocycles. The smallest absolute Gasteiger partial charge is 0.239 e. The van der Waals surface area contributed by atoms with E-state index >= 15 is 0 Å². The van der Waals surface area contributed by atoms with Crippen molar-refractivity contribution >= 4 is 22.8 Å². The maximum absolute atomic E-state index is 11.1. The molecule has 1 amide bonds. The molecule has 0 fully saturated rings. The van der Waals surface area contributed by atoms with Gasteiger partial charge in [-0.2, -0.15) is 0 Å². The standard InChI is InChI=1S/C9H17N3OS/c1-3-7-5-11-9(14-7)12-6-8(13)10-4-2/h7H,3-6H2,1-2H3,(H,10,13)(H,11,12). The predicted octanol–water partition coefficient (Wildman–Crippen LogP) is 0.593. The number of thioether (sulfide) groups is 1. The Balaban J connectivity index is 2.17. The lowest BCUT2D eigenvalue weighted by Gasteiger charge is -2.06. The zero-order chi connectivity index (χ0) is 10.4. The molecule has 1 aliphatic rings. The summed E-state index contributed by atoms with van der Waals surface area (Å²) in [4.78, 5) is 15.4. The van der Waals surface area contributed by atoms with Crippen LogP contribution in [-0.4, -0.2) is 36.0 Å². The van der Waals surface area contributed by atoms with Crippen LogP contribution >= 0.6 is 11.8 Å². The molecule has 5 heteroatoms. The Bertz CT molecular complexity index is 230. The number of hydrogen-bond acceptors (Lipinski definition) is 4. The molecule has 0 aromatic rings. The van der Waals surface area contributed by atoms with Gasteiger partial charge in [0.25, 0.3) is 0 Å². The number of amidine groups is 1. The summed E-state index contributed by atoms with van der Waals surface area (Å²) in [7, 11) is 0. The number of carbonyl (C=O) groups excluding carboxylic acids is 1. The van der Waals surface area contributed by atoms with E-state index in [2.05, 4.69) is 22.5 Å². The molecule has 0 saturated carbocycles. The fourth-order valence-corrected chi connectivity index (χ4v) is 2.08. The molecule has 0 aromatic carbocycles. The highest BCUT2D eigenvalue weighted by Gasteiger charge is 2.17. The van der Waals surface area contributed by atoms with Gasteiger partial charge >= 0.3 is 0 Å². The van der Waals surface area contributed by atoms with Crippen molar-refractivity contribution in [2.45, 2.75) is 25.5 Å². The number of hydrogen-bond donors (Lipinski definition) is 2. The van der Waals surface area contributed by atoms with Crippen molar-refractivity contribution < 1.29 is 4.79 Å². The van der Waals surface area contributed by atoms with Crippen LogP contribution in [0.2, 0.25) is 0 Å². The zero-order valence-electron chi connectivity index (χ0n) is 8.67. The largest absolute Gasteiger partial charge is 0.356 e. The minimum Gasteiger partial charge on any atom is -0.356 e. The van der Waals surface area contributed by atoms with E-state index in [1.54, 1.807) is 11.8 Å².